The van der Waals surface area contributed by atoms with Gasteiger partial charge in [-0.1, -0.05) is 0 Å². The third-order valence-corrected chi connectivity index (χ3v) is 2.24. The Kier molecular flexibility index (Phi) is 2.52. The Balaban J connectivity index is 2.54. The molecule has 2 aromatic rings. The summed E-state index contributed by atoms with van der Waals surface area (Å²) in [6, 6.07) is 4.67. The Morgan fingerprint density at radius 3 is 2.62 bits per heavy atom. The van der Waals surface area contributed by atoms with Gasteiger partial charge in [0.2, 0.25) is 0 Å². The summed E-state index contributed by atoms with van der Waals surface area (Å²) in [6.45, 7) is 0. The molecule has 82 valence electrons. The predicted octanol–water partition coefficient (Wildman–Crippen LogP) is 2.18. The maximum absolute atomic E-state index is 13.4. The lowest BCUT2D eigenvalue weighted by Gasteiger charge is -1.98. The number of hydrogen-bond donors (Lipinski definition) is 0. The van der Waals surface area contributed by atoms with Crippen molar-refractivity contribution in [2.24, 2.45) is 7.05 Å². The van der Waals surface area contributed by atoms with Gasteiger partial charge in [-0.3, -0.25) is 9.48 Å². The monoisotopic (exact) mass is 222 g/mol. The highest BCUT2D eigenvalue weighted by Gasteiger charge is 2.11. The second-order valence-electron chi connectivity index (χ2n) is 3.32. The molecule has 0 radical (unpaired) electrons. The normalized spacial score (nSPS) is 10.4. The largest absolute Gasteiger partial charge is 0.296 e. The van der Waals surface area contributed by atoms with E-state index in [0.717, 1.165) is 12.1 Å². The van der Waals surface area contributed by atoms with Crippen molar-refractivity contribution in [3.63, 3.8) is 0 Å². The SMILES string of the molecule is Cn1nc(-c2ccc(F)cc2F)cc1C=O. The van der Waals surface area contributed by atoms with Crippen molar-refractivity contribution in [3.8, 4) is 11.3 Å². The molecule has 3 nitrogen and oxygen atoms in total. The van der Waals surface area contributed by atoms with Gasteiger partial charge in [-0.25, -0.2) is 8.78 Å². The van der Waals surface area contributed by atoms with Crippen LogP contribution in [0.15, 0.2) is 24.3 Å². The summed E-state index contributed by atoms with van der Waals surface area (Å²) in [5, 5.41) is 3.97. The molecule has 0 saturated carbocycles. The van der Waals surface area contributed by atoms with Gasteiger partial charge in [0, 0.05) is 18.7 Å². The lowest BCUT2D eigenvalue weighted by atomic mass is 10.1. The molecule has 1 heterocycles. The first-order valence-electron chi connectivity index (χ1n) is 4.56. The van der Waals surface area contributed by atoms with Gasteiger partial charge in [-0.2, -0.15) is 5.10 Å². The number of rotatable bonds is 2. The molecule has 0 aliphatic heterocycles. The van der Waals surface area contributed by atoms with Crippen molar-refractivity contribution in [1.82, 2.24) is 9.78 Å². The number of carbonyl (C=O) groups is 1. The summed E-state index contributed by atoms with van der Waals surface area (Å²) < 4.78 is 27.4. The molecule has 1 aromatic heterocycles. The van der Waals surface area contributed by atoms with Crippen LogP contribution in [-0.2, 0) is 7.05 Å². The van der Waals surface area contributed by atoms with E-state index >= 15 is 0 Å². The van der Waals surface area contributed by atoms with E-state index in [1.165, 1.54) is 16.8 Å². The molecule has 0 atom stereocenters. The van der Waals surface area contributed by atoms with E-state index < -0.39 is 11.6 Å². The van der Waals surface area contributed by atoms with Gasteiger partial charge in [-0.05, 0) is 18.2 Å². The van der Waals surface area contributed by atoms with Crippen LogP contribution in [0.1, 0.15) is 10.5 Å². The van der Waals surface area contributed by atoms with Crippen LogP contribution in [0, 0.1) is 11.6 Å². The minimum atomic E-state index is -0.699. The summed E-state index contributed by atoms with van der Waals surface area (Å²) >= 11 is 0. The molecule has 0 bridgehead atoms. The summed E-state index contributed by atoms with van der Waals surface area (Å²) in [5.74, 6) is -1.34. The van der Waals surface area contributed by atoms with E-state index in [2.05, 4.69) is 5.10 Å². The zero-order chi connectivity index (χ0) is 11.7. The first kappa shape index (κ1) is 10.5. The van der Waals surface area contributed by atoms with E-state index in [1.54, 1.807) is 7.05 Å². The third kappa shape index (κ3) is 1.71. The Morgan fingerprint density at radius 1 is 1.31 bits per heavy atom. The van der Waals surface area contributed by atoms with E-state index in [0.29, 0.717) is 17.7 Å². The van der Waals surface area contributed by atoms with Crippen LogP contribution >= 0.6 is 0 Å². The molecule has 0 fully saturated rings. The molecule has 16 heavy (non-hydrogen) atoms. The number of halogens is 2. The van der Waals surface area contributed by atoms with E-state index in [4.69, 9.17) is 0 Å². The van der Waals surface area contributed by atoms with Crippen molar-refractivity contribution in [1.29, 1.82) is 0 Å². The smallest absolute Gasteiger partial charge is 0.168 e. The van der Waals surface area contributed by atoms with Crippen LogP contribution in [-0.4, -0.2) is 16.1 Å². The standard InChI is InChI=1S/C11H8F2N2O/c1-15-8(6-16)5-11(14-15)9-3-2-7(12)4-10(9)13/h2-6H,1H3. The number of aryl methyl sites for hydroxylation is 1. The van der Waals surface area contributed by atoms with Crippen LogP contribution in [0.2, 0.25) is 0 Å². The molecule has 0 N–H and O–H groups in total. The minimum Gasteiger partial charge on any atom is -0.296 e. The average molecular weight is 222 g/mol. The Morgan fingerprint density at radius 2 is 2.06 bits per heavy atom. The quantitative estimate of drug-likeness (QED) is 0.730. The van der Waals surface area contributed by atoms with Crippen molar-refractivity contribution >= 4 is 6.29 Å². The zero-order valence-corrected chi connectivity index (χ0v) is 8.45. The first-order valence-corrected chi connectivity index (χ1v) is 4.56. The zero-order valence-electron chi connectivity index (χ0n) is 8.45. The molecule has 0 aliphatic rings. The Bertz CT molecular complexity index is 549. The van der Waals surface area contributed by atoms with Crippen molar-refractivity contribution in [3.05, 3.63) is 41.6 Å². The number of carbonyl (C=O) groups excluding carboxylic acids is 1. The lowest BCUT2D eigenvalue weighted by Crippen LogP contribution is -1.95. The van der Waals surface area contributed by atoms with Crippen LogP contribution in [0.5, 0.6) is 0 Å². The molecule has 0 spiro atoms. The summed E-state index contributed by atoms with van der Waals surface area (Å²) in [5.41, 5.74) is 0.811. The number of hydrogen-bond acceptors (Lipinski definition) is 2. The van der Waals surface area contributed by atoms with Gasteiger partial charge in [-0.15, -0.1) is 0 Å². The van der Waals surface area contributed by atoms with Gasteiger partial charge in [0.25, 0.3) is 0 Å². The van der Waals surface area contributed by atoms with Gasteiger partial charge in [0.15, 0.2) is 6.29 Å². The van der Waals surface area contributed by atoms with Gasteiger partial charge >= 0.3 is 0 Å². The lowest BCUT2D eigenvalue weighted by molar-refractivity contribution is 0.111. The highest BCUT2D eigenvalue weighted by atomic mass is 19.1. The highest BCUT2D eigenvalue weighted by molar-refractivity contribution is 5.75. The second kappa shape index (κ2) is 3.84. The van der Waals surface area contributed by atoms with Gasteiger partial charge < -0.3 is 0 Å². The maximum Gasteiger partial charge on any atom is 0.168 e. The number of nitrogens with zero attached hydrogens (tertiary/aromatic N) is 2. The highest BCUT2D eigenvalue weighted by Crippen LogP contribution is 2.22. The molecule has 0 aliphatic carbocycles. The van der Waals surface area contributed by atoms with Crippen LogP contribution < -0.4 is 0 Å². The van der Waals surface area contributed by atoms with Gasteiger partial charge in [0.1, 0.15) is 17.3 Å². The fourth-order valence-electron chi connectivity index (χ4n) is 1.42. The Labute approximate surface area is 90.3 Å². The first-order chi connectivity index (χ1) is 7.61. The predicted molar refractivity (Wildman–Crippen MR) is 53.9 cm³/mol. The minimum absolute atomic E-state index is 0.171. The number of benzene rings is 1. The maximum atomic E-state index is 13.4. The summed E-state index contributed by atoms with van der Waals surface area (Å²) in [6.07, 6.45) is 0.623. The fourth-order valence-corrected chi connectivity index (χ4v) is 1.42. The molecule has 1 aromatic carbocycles. The Hall–Kier alpha value is -2.04. The van der Waals surface area contributed by atoms with Crippen LogP contribution in [0.25, 0.3) is 11.3 Å². The van der Waals surface area contributed by atoms with E-state index in [1.807, 2.05) is 0 Å². The van der Waals surface area contributed by atoms with Gasteiger partial charge in [0.05, 0.1) is 5.69 Å². The molecular weight excluding hydrogens is 214 g/mol. The molecule has 0 saturated heterocycles. The molecular formula is C11H8F2N2O. The second-order valence-corrected chi connectivity index (χ2v) is 3.32. The fraction of sp³-hybridized carbons (Fsp3) is 0.0909. The van der Waals surface area contributed by atoms with Crippen LogP contribution in [0.4, 0.5) is 8.78 Å². The molecule has 5 heteroatoms. The number of aromatic nitrogens is 2. The van der Waals surface area contributed by atoms with E-state index in [-0.39, 0.29) is 5.56 Å². The van der Waals surface area contributed by atoms with Crippen LogP contribution in [0.3, 0.4) is 0 Å². The van der Waals surface area contributed by atoms with Crippen molar-refractivity contribution in [2.45, 2.75) is 0 Å². The topological polar surface area (TPSA) is 34.9 Å². The van der Waals surface area contributed by atoms with E-state index in [9.17, 15) is 13.6 Å². The summed E-state index contributed by atoms with van der Waals surface area (Å²) in [4.78, 5) is 10.6. The third-order valence-electron chi connectivity index (χ3n) is 2.24. The van der Waals surface area contributed by atoms with Crippen molar-refractivity contribution < 1.29 is 13.6 Å². The molecule has 2 rings (SSSR count). The molecule has 0 unspecified atom stereocenters. The molecule has 0 amide bonds. The van der Waals surface area contributed by atoms with Crippen molar-refractivity contribution in [2.75, 3.05) is 0 Å². The summed E-state index contributed by atoms with van der Waals surface area (Å²) in [7, 11) is 1.58. The number of aldehydes is 1. The average Bonchev–Trinajstić information content (AvgIpc) is 2.59.